The number of hydrogen-bond donors (Lipinski definition) is 2. The molecule has 130 valence electrons. The number of carbonyl (C=O) groups excluding carboxylic acids is 1. The van der Waals surface area contributed by atoms with Crippen molar-refractivity contribution in [3.63, 3.8) is 0 Å². The number of unbranched alkanes of at least 4 members (excludes halogenated alkanes) is 1. The number of nitrogens with one attached hydrogen (secondary N) is 2. The lowest BCUT2D eigenvalue weighted by Crippen LogP contribution is -2.37. The summed E-state index contributed by atoms with van der Waals surface area (Å²) < 4.78 is 15.5. The van der Waals surface area contributed by atoms with Crippen LogP contribution < -0.4 is 10.6 Å². The quantitative estimate of drug-likeness (QED) is 0.312. The van der Waals surface area contributed by atoms with E-state index in [2.05, 4.69) is 15.6 Å². The summed E-state index contributed by atoms with van der Waals surface area (Å²) in [5.41, 5.74) is 0.447. The van der Waals surface area contributed by atoms with Gasteiger partial charge >= 0.3 is 5.97 Å². The van der Waals surface area contributed by atoms with E-state index in [1.807, 2.05) is 6.92 Å². The van der Waals surface area contributed by atoms with E-state index in [0.717, 1.165) is 32.6 Å². The number of ether oxygens (including phenoxy) is 2. The molecule has 0 saturated carbocycles. The SMILES string of the molecule is CCOCCCCNC(=NC)NCc1cc(C(=O)OC)c(C)o1. The second kappa shape index (κ2) is 10.7. The zero-order chi connectivity index (χ0) is 17.1. The molecular formula is C16H27N3O4. The molecule has 0 aliphatic heterocycles. The highest BCUT2D eigenvalue weighted by Crippen LogP contribution is 2.15. The minimum absolute atomic E-state index is 0.394. The van der Waals surface area contributed by atoms with E-state index < -0.39 is 5.97 Å². The summed E-state index contributed by atoms with van der Waals surface area (Å²) in [5, 5.41) is 6.37. The zero-order valence-electron chi connectivity index (χ0n) is 14.4. The van der Waals surface area contributed by atoms with Crippen LogP contribution in [-0.4, -0.2) is 45.8 Å². The average molecular weight is 325 g/mol. The van der Waals surface area contributed by atoms with E-state index in [0.29, 0.717) is 29.6 Å². The molecule has 0 bridgehead atoms. The van der Waals surface area contributed by atoms with E-state index >= 15 is 0 Å². The number of aliphatic imine (C=N–C) groups is 1. The molecule has 0 saturated heterocycles. The molecule has 1 heterocycles. The fourth-order valence-electron chi connectivity index (χ4n) is 2.02. The van der Waals surface area contributed by atoms with Crippen LogP contribution in [0.3, 0.4) is 0 Å². The van der Waals surface area contributed by atoms with Crippen molar-refractivity contribution in [1.82, 2.24) is 10.6 Å². The fourth-order valence-corrected chi connectivity index (χ4v) is 2.02. The molecule has 0 unspecified atom stereocenters. The maximum Gasteiger partial charge on any atom is 0.341 e. The normalized spacial score (nSPS) is 11.4. The first-order valence-electron chi connectivity index (χ1n) is 7.82. The lowest BCUT2D eigenvalue weighted by Gasteiger charge is -2.10. The summed E-state index contributed by atoms with van der Waals surface area (Å²) in [4.78, 5) is 15.7. The summed E-state index contributed by atoms with van der Waals surface area (Å²) in [5.74, 6) is 1.50. The monoisotopic (exact) mass is 325 g/mol. The first-order valence-corrected chi connectivity index (χ1v) is 7.82. The Morgan fingerprint density at radius 1 is 1.35 bits per heavy atom. The minimum Gasteiger partial charge on any atom is -0.465 e. The van der Waals surface area contributed by atoms with Crippen molar-refractivity contribution in [2.75, 3.05) is 33.9 Å². The predicted octanol–water partition coefficient (Wildman–Crippen LogP) is 1.86. The number of esters is 1. The van der Waals surface area contributed by atoms with Crippen LogP contribution in [-0.2, 0) is 16.0 Å². The lowest BCUT2D eigenvalue weighted by atomic mass is 10.2. The summed E-state index contributed by atoms with van der Waals surface area (Å²) in [7, 11) is 3.06. The van der Waals surface area contributed by atoms with Crippen LogP contribution in [0.1, 0.15) is 41.6 Å². The Balaban J connectivity index is 2.36. The van der Waals surface area contributed by atoms with Gasteiger partial charge in [0.2, 0.25) is 0 Å². The van der Waals surface area contributed by atoms with Crippen molar-refractivity contribution < 1.29 is 18.7 Å². The molecule has 0 amide bonds. The molecular weight excluding hydrogens is 298 g/mol. The van der Waals surface area contributed by atoms with E-state index in [4.69, 9.17) is 13.9 Å². The van der Waals surface area contributed by atoms with E-state index in [1.54, 1.807) is 20.0 Å². The predicted molar refractivity (Wildman–Crippen MR) is 88.7 cm³/mol. The molecule has 7 heteroatoms. The van der Waals surface area contributed by atoms with Crippen LogP contribution >= 0.6 is 0 Å². The van der Waals surface area contributed by atoms with Crippen molar-refractivity contribution >= 4 is 11.9 Å². The van der Waals surface area contributed by atoms with Gasteiger partial charge in [0.25, 0.3) is 0 Å². The topological polar surface area (TPSA) is 85.1 Å². The Morgan fingerprint density at radius 2 is 2.13 bits per heavy atom. The minimum atomic E-state index is -0.394. The molecule has 2 N–H and O–H groups in total. The fraction of sp³-hybridized carbons (Fsp3) is 0.625. The van der Waals surface area contributed by atoms with Gasteiger partial charge in [-0.1, -0.05) is 0 Å². The number of methoxy groups -OCH3 is 1. The van der Waals surface area contributed by atoms with Crippen LogP contribution in [0.15, 0.2) is 15.5 Å². The van der Waals surface area contributed by atoms with Gasteiger partial charge in [0, 0.05) is 26.8 Å². The third-order valence-corrected chi connectivity index (χ3v) is 3.24. The number of carbonyl (C=O) groups is 1. The summed E-state index contributed by atoms with van der Waals surface area (Å²) >= 11 is 0. The van der Waals surface area contributed by atoms with Gasteiger partial charge in [-0.05, 0) is 32.8 Å². The largest absolute Gasteiger partial charge is 0.465 e. The third kappa shape index (κ3) is 6.73. The van der Waals surface area contributed by atoms with Crippen LogP contribution in [0, 0.1) is 6.92 Å². The first kappa shape index (κ1) is 19.0. The Hall–Kier alpha value is -2.02. The molecule has 0 fully saturated rings. The van der Waals surface area contributed by atoms with Crippen molar-refractivity contribution in [3.8, 4) is 0 Å². The molecule has 0 aliphatic carbocycles. The maximum atomic E-state index is 11.5. The standard InChI is InChI=1S/C16H27N3O4/c1-5-22-9-7-6-8-18-16(17-3)19-11-13-10-14(12(2)23-13)15(20)21-4/h10H,5-9,11H2,1-4H3,(H2,17,18,19). The number of furan rings is 1. The Bertz CT molecular complexity index is 511. The number of guanidine groups is 1. The molecule has 0 atom stereocenters. The van der Waals surface area contributed by atoms with Gasteiger partial charge in [-0.15, -0.1) is 0 Å². The molecule has 0 spiro atoms. The molecule has 1 aromatic heterocycles. The molecule has 0 radical (unpaired) electrons. The summed E-state index contributed by atoms with van der Waals surface area (Å²) in [6.07, 6.45) is 2.02. The third-order valence-electron chi connectivity index (χ3n) is 3.24. The number of hydrogen-bond acceptors (Lipinski definition) is 5. The van der Waals surface area contributed by atoms with Gasteiger partial charge in [0.05, 0.1) is 13.7 Å². The summed E-state index contributed by atoms with van der Waals surface area (Å²) in [6, 6.07) is 1.68. The first-order chi connectivity index (χ1) is 11.1. The smallest absolute Gasteiger partial charge is 0.341 e. The van der Waals surface area contributed by atoms with Crippen molar-refractivity contribution in [1.29, 1.82) is 0 Å². The molecule has 0 aromatic carbocycles. The van der Waals surface area contributed by atoms with Crippen LogP contribution in [0.4, 0.5) is 0 Å². The molecule has 1 rings (SSSR count). The number of aryl methyl sites for hydroxylation is 1. The second-order valence-corrected chi connectivity index (χ2v) is 4.93. The lowest BCUT2D eigenvalue weighted by molar-refractivity contribution is 0.0599. The highest BCUT2D eigenvalue weighted by molar-refractivity contribution is 5.90. The van der Waals surface area contributed by atoms with Gasteiger partial charge < -0.3 is 24.5 Å². The van der Waals surface area contributed by atoms with Gasteiger partial charge in [-0.25, -0.2) is 4.79 Å². The van der Waals surface area contributed by atoms with E-state index in [-0.39, 0.29) is 0 Å². The Kier molecular flexibility index (Phi) is 8.82. The maximum absolute atomic E-state index is 11.5. The Morgan fingerprint density at radius 3 is 2.78 bits per heavy atom. The number of rotatable bonds is 9. The molecule has 23 heavy (non-hydrogen) atoms. The molecule has 0 aliphatic rings. The Labute approximate surface area is 137 Å². The van der Waals surface area contributed by atoms with Gasteiger partial charge in [-0.3, -0.25) is 4.99 Å². The highest BCUT2D eigenvalue weighted by Gasteiger charge is 2.15. The van der Waals surface area contributed by atoms with Gasteiger partial charge in [0.1, 0.15) is 17.1 Å². The highest BCUT2D eigenvalue weighted by atomic mass is 16.5. The van der Waals surface area contributed by atoms with Crippen LogP contribution in [0.2, 0.25) is 0 Å². The molecule has 7 nitrogen and oxygen atoms in total. The zero-order valence-corrected chi connectivity index (χ0v) is 14.4. The van der Waals surface area contributed by atoms with E-state index in [9.17, 15) is 4.79 Å². The molecule has 1 aromatic rings. The van der Waals surface area contributed by atoms with Gasteiger partial charge in [-0.2, -0.15) is 0 Å². The van der Waals surface area contributed by atoms with Crippen molar-refractivity contribution in [2.24, 2.45) is 4.99 Å². The second-order valence-electron chi connectivity index (χ2n) is 4.93. The van der Waals surface area contributed by atoms with Gasteiger partial charge in [0.15, 0.2) is 5.96 Å². The van der Waals surface area contributed by atoms with E-state index in [1.165, 1.54) is 7.11 Å². The van der Waals surface area contributed by atoms with Crippen molar-refractivity contribution in [3.05, 3.63) is 23.2 Å². The number of nitrogens with zero attached hydrogens (tertiary/aromatic N) is 1. The van der Waals surface area contributed by atoms with Crippen LogP contribution in [0.25, 0.3) is 0 Å². The summed E-state index contributed by atoms with van der Waals surface area (Å²) in [6.45, 7) is 6.53. The van der Waals surface area contributed by atoms with Crippen molar-refractivity contribution in [2.45, 2.75) is 33.2 Å². The average Bonchev–Trinajstić information content (AvgIpc) is 2.93. The van der Waals surface area contributed by atoms with Crippen LogP contribution in [0.5, 0.6) is 0 Å².